The lowest BCUT2D eigenvalue weighted by molar-refractivity contribution is -0.126. The van der Waals surface area contributed by atoms with Crippen LogP contribution in [-0.4, -0.2) is 44.0 Å². The van der Waals surface area contributed by atoms with E-state index in [2.05, 4.69) is 10.5 Å². The SMILES string of the molecule is COc1ccc(CNC(=O)C2CCN(S(=O)(=O)c3c(C)noc3/C=C/c3ccccc3F)CC2)cc1. The first-order valence-corrected chi connectivity index (χ1v) is 13.0. The number of piperidine rings is 1. The number of nitrogens with zero attached hydrogens (tertiary/aromatic N) is 2. The van der Waals surface area contributed by atoms with Crippen molar-refractivity contribution in [1.29, 1.82) is 0 Å². The van der Waals surface area contributed by atoms with Gasteiger partial charge in [-0.2, -0.15) is 4.31 Å². The van der Waals surface area contributed by atoms with E-state index in [4.69, 9.17) is 9.26 Å². The lowest BCUT2D eigenvalue weighted by atomic mass is 9.97. The van der Waals surface area contributed by atoms with Gasteiger partial charge in [0, 0.05) is 31.1 Å². The van der Waals surface area contributed by atoms with Crippen LogP contribution in [0.15, 0.2) is 57.9 Å². The Labute approximate surface area is 209 Å². The number of halogens is 1. The van der Waals surface area contributed by atoms with Crippen molar-refractivity contribution in [2.24, 2.45) is 5.92 Å². The first-order chi connectivity index (χ1) is 17.3. The van der Waals surface area contributed by atoms with Crippen molar-refractivity contribution in [3.8, 4) is 5.75 Å². The summed E-state index contributed by atoms with van der Waals surface area (Å²) in [7, 11) is -2.32. The van der Waals surface area contributed by atoms with E-state index in [-0.39, 0.29) is 41.3 Å². The van der Waals surface area contributed by atoms with Gasteiger partial charge in [-0.1, -0.05) is 35.5 Å². The standard InChI is InChI=1S/C26H28FN3O5S/c1-18-25(24(35-29-18)12-9-20-5-3-4-6-23(20)27)36(32,33)30-15-13-21(14-16-30)26(31)28-17-19-7-10-22(34-2)11-8-19/h3-12,21H,13-17H2,1-2H3,(H,28,31)/b12-9+. The lowest BCUT2D eigenvalue weighted by Gasteiger charge is -2.30. The fraction of sp³-hybridized carbons (Fsp3) is 0.308. The van der Waals surface area contributed by atoms with Crippen LogP contribution in [0.1, 0.15) is 35.4 Å². The molecular weight excluding hydrogens is 485 g/mol. The first-order valence-electron chi connectivity index (χ1n) is 11.6. The van der Waals surface area contributed by atoms with Gasteiger partial charge in [0.25, 0.3) is 0 Å². The second kappa shape index (κ2) is 11.0. The molecule has 0 atom stereocenters. The smallest absolute Gasteiger partial charge is 0.248 e. The summed E-state index contributed by atoms with van der Waals surface area (Å²) in [5.41, 5.74) is 1.47. The number of amides is 1. The molecule has 0 radical (unpaired) electrons. The molecule has 2 aromatic carbocycles. The number of rotatable bonds is 8. The third kappa shape index (κ3) is 5.66. The van der Waals surface area contributed by atoms with E-state index in [1.165, 1.54) is 22.5 Å². The van der Waals surface area contributed by atoms with Crippen LogP contribution in [0.3, 0.4) is 0 Å². The third-order valence-corrected chi connectivity index (χ3v) is 8.26. The minimum absolute atomic E-state index is 0.0371. The monoisotopic (exact) mass is 513 g/mol. The quantitative estimate of drug-likeness (QED) is 0.488. The molecule has 0 spiro atoms. The number of sulfonamides is 1. The Morgan fingerprint density at radius 1 is 1.17 bits per heavy atom. The highest BCUT2D eigenvalue weighted by Gasteiger charge is 2.35. The van der Waals surface area contributed by atoms with Gasteiger partial charge in [0.15, 0.2) is 10.7 Å². The van der Waals surface area contributed by atoms with Gasteiger partial charge in [-0.15, -0.1) is 0 Å². The molecule has 1 N–H and O–H groups in total. The Kier molecular flexibility index (Phi) is 7.85. The molecular formula is C26H28FN3O5S. The van der Waals surface area contributed by atoms with Gasteiger partial charge in [0.2, 0.25) is 15.9 Å². The highest BCUT2D eigenvalue weighted by atomic mass is 32.2. The van der Waals surface area contributed by atoms with Gasteiger partial charge >= 0.3 is 0 Å². The Bertz CT molecular complexity index is 1340. The van der Waals surface area contributed by atoms with Gasteiger partial charge < -0.3 is 14.6 Å². The van der Waals surface area contributed by atoms with E-state index in [9.17, 15) is 17.6 Å². The molecule has 1 aromatic heterocycles. The van der Waals surface area contributed by atoms with Crippen molar-refractivity contribution in [2.75, 3.05) is 20.2 Å². The second-order valence-electron chi connectivity index (χ2n) is 8.56. The second-order valence-corrected chi connectivity index (χ2v) is 10.4. The average molecular weight is 514 g/mol. The van der Waals surface area contributed by atoms with Crippen molar-refractivity contribution < 1.29 is 26.9 Å². The molecule has 1 fully saturated rings. The Morgan fingerprint density at radius 2 is 1.86 bits per heavy atom. The van der Waals surface area contributed by atoms with Crippen LogP contribution in [-0.2, 0) is 21.4 Å². The van der Waals surface area contributed by atoms with Crippen LogP contribution in [0, 0.1) is 18.7 Å². The zero-order valence-corrected chi connectivity index (χ0v) is 20.9. The van der Waals surface area contributed by atoms with Crippen molar-refractivity contribution in [2.45, 2.75) is 31.2 Å². The molecule has 10 heteroatoms. The molecule has 4 rings (SSSR count). The lowest BCUT2D eigenvalue weighted by Crippen LogP contribution is -2.43. The minimum atomic E-state index is -3.92. The van der Waals surface area contributed by atoms with Crippen LogP contribution in [0.25, 0.3) is 12.2 Å². The maximum Gasteiger partial charge on any atom is 0.248 e. The first kappa shape index (κ1) is 25.6. The summed E-state index contributed by atoms with van der Waals surface area (Å²) < 4.78 is 52.5. The number of hydrogen-bond acceptors (Lipinski definition) is 6. The molecule has 0 saturated carbocycles. The third-order valence-electron chi connectivity index (χ3n) is 6.20. The number of ether oxygens (including phenoxy) is 1. The van der Waals surface area contributed by atoms with Crippen LogP contribution in [0.4, 0.5) is 4.39 Å². The Balaban J connectivity index is 1.39. The molecule has 0 aliphatic carbocycles. The molecule has 1 aliphatic heterocycles. The molecule has 1 aliphatic rings. The highest BCUT2D eigenvalue weighted by molar-refractivity contribution is 7.89. The molecule has 8 nitrogen and oxygen atoms in total. The summed E-state index contributed by atoms with van der Waals surface area (Å²) in [6.07, 6.45) is 3.66. The minimum Gasteiger partial charge on any atom is -0.497 e. The molecule has 2 heterocycles. The summed E-state index contributed by atoms with van der Waals surface area (Å²) in [6.45, 7) is 2.34. The number of carbonyl (C=O) groups is 1. The number of nitrogens with one attached hydrogen (secondary N) is 1. The van der Waals surface area contributed by atoms with Crippen LogP contribution >= 0.6 is 0 Å². The molecule has 1 amide bonds. The van der Waals surface area contributed by atoms with Gasteiger partial charge in [-0.05, 0) is 55.7 Å². The fourth-order valence-corrected chi connectivity index (χ4v) is 5.86. The number of hydrogen-bond donors (Lipinski definition) is 1. The fourth-order valence-electron chi connectivity index (χ4n) is 4.14. The number of aryl methyl sites for hydroxylation is 1. The Morgan fingerprint density at radius 3 is 2.53 bits per heavy atom. The van der Waals surface area contributed by atoms with E-state index in [1.54, 1.807) is 32.2 Å². The number of benzene rings is 2. The highest BCUT2D eigenvalue weighted by Crippen LogP contribution is 2.29. The molecule has 190 valence electrons. The largest absolute Gasteiger partial charge is 0.497 e. The molecule has 36 heavy (non-hydrogen) atoms. The van der Waals surface area contributed by atoms with Gasteiger partial charge in [-0.3, -0.25) is 4.79 Å². The maximum atomic E-state index is 13.9. The number of methoxy groups -OCH3 is 1. The summed E-state index contributed by atoms with van der Waals surface area (Å²) >= 11 is 0. The molecule has 0 unspecified atom stereocenters. The Hall–Kier alpha value is -3.50. The molecule has 3 aromatic rings. The van der Waals surface area contributed by atoms with Crippen LogP contribution < -0.4 is 10.1 Å². The molecule has 1 saturated heterocycles. The predicted molar refractivity (Wildman–Crippen MR) is 133 cm³/mol. The van der Waals surface area contributed by atoms with Gasteiger partial charge in [-0.25, -0.2) is 12.8 Å². The van der Waals surface area contributed by atoms with E-state index >= 15 is 0 Å². The van der Waals surface area contributed by atoms with Gasteiger partial charge in [0.1, 0.15) is 17.3 Å². The zero-order chi connectivity index (χ0) is 25.7. The summed E-state index contributed by atoms with van der Waals surface area (Å²) in [5.74, 6) is -0.0272. The van der Waals surface area contributed by atoms with E-state index in [0.29, 0.717) is 24.9 Å². The summed E-state index contributed by atoms with van der Waals surface area (Å²) in [4.78, 5) is 12.6. The molecule has 0 bridgehead atoms. The van der Waals surface area contributed by atoms with Crippen molar-refractivity contribution in [3.63, 3.8) is 0 Å². The van der Waals surface area contributed by atoms with Gasteiger partial charge in [0.05, 0.1) is 7.11 Å². The zero-order valence-electron chi connectivity index (χ0n) is 20.1. The average Bonchev–Trinajstić information content (AvgIpc) is 3.28. The van der Waals surface area contributed by atoms with E-state index in [0.717, 1.165) is 11.3 Å². The van der Waals surface area contributed by atoms with Crippen LogP contribution in [0.5, 0.6) is 5.75 Å². The summed E-state index contributed by atoms with van der Waals surface area (Å²) in [6, 6.07) is 13.6. The van der Waals surface area contributed by atoms with Crippen LogP contribution in [0.2, 0.25) is 0 Å². The van der Waals surface area contributed by atoms with E-state index < -0.39 is 15.8 Å². The van der Waals surface area contributed by atoms with Crippen molar-refractivity contribution >= 4 is 28.1 Å². The topological polar surface area (TPSA) is 102 Å². The van der Waals surface area contributed by atoms with E-state index in [1.807, 2.05) is 24.3 Å². The predicted octanol–water partition coefficient (Wildman–Crippen LogP) is 4.02. The normalized spacial score (nSPS) is 15.3. The van der Waals surface area contributed by atoms with Crippen molar-refractivity contribution in [3.05, 3.63) is 76.9 Å². The number of aromatic nitrogens is 1. The number of carbonyl (C=O) groups excluding carboxylic acids is 1. The summed E-state index contributed by atoms with van der Waals surface area (Å²) in [5, 5.41) is 6.75. The van der Waals surface area contributed by atoms with Crippen molar-refractivity contribution in [1.82, 2.24) is 14.8 Å². The maximum absolute atomic E-state index is 13.9.